The van der Waals surface area contributed by atoms with E-state index in [1.807, 2.05) is 0 Å². The van der Waals surface area contributed by atoms with Gasteiger partial charge in [-0.05, 0) is 0 Å². The molecule has 10 nitrogen and oxygen atoms in total. The van der Waals surface area contributed by atoms with Gasteiger partial charge in [0.1, 0.15) is 12.2 Å². The zero-order valence-electron chi connectivity index (χ0n) is 9.23. The van der Waals surface area contributed by atoms with Crippen molar-refractivity contribution >= 4 is 23.4 Å². The van der Waals surface area contributed by atoms with Gasteiger partial charge in [-0.3, -0.25) is 19.6 Å². The Balaban J connectivity index is 2.96. The third-order valence-electron chi connectivity index (χ3n) is 1.99. The van der Waals surface area contributed by atoms with Crippen molar-refractivity contribution in [1.29, 1.82) is 0 Å². The number of hydrogen-bond acceptors (Lipinski definition) is 6. The average molecular weight is 258 g/mol. The Morgan fingerprint density at radius 2 is 2.22 bits per heavy atom. The summed E-state index contributed by atoms with van der Waals surface area (Å²) in [6.07, 6.45) is 0.366. The number of aliphatic carboxylic acids is 2. The zero-order valence-corrected chi connectivity index (χ0v) is 9.23. The molecule has 0 amide bonds. The molecule has 1 rings (SSSR count). The van der Waals surface area contributed by atoms with E-state index in [1.165, 1.54) is 7.05 Å². The van der Waals surface area contributed by atoms with Crippen LogP contribution in [-0.4, -0.2) is 42.9 Å². The van der Waals surface area contributed by atoms with Crippen molar-refractivity contribution in [3.8, 4) is 0 Å². The highest BCUT2D eigenvalue weighted by Crippen LogP contribution is 2.22. The number of carboxylic acid groups (broad SMARTS) is 2. The quantitative estimate of drug-likeness (QED) is 0.464. The van der Waals surface area contributed by atoms with Crippen LogP contribution < -0.4 is 5.32 Å². The Kier molecular flexibility index (Phi) is 3.82. The number of nitrogens with zero attached hydrogens (tertiary/aromatic N) is 3. The van der Waals surface area contributed by atoms with Crippen LogP contribution in [0.4, 0.5) is 11.5 Å². The number of rotatable bonds is 6. The fraction of sp³-hybridized carbons (Fsp3) is 0.375. The van der Waals surface area contributed by atoms with Gasteiger partial charge in [0.05, 0.1) is 11.3 Å². The van der Waals surface area contributed by atoms with Crippen LogP contribution in [0.5, 0.6) is 0 Å². The summed E-state index contributed by atoms with van der Waals surface area (Å²) >= 11 is 0. The van der Waals surface area contributed by atoms with E-state index in [4.69, 9.17) is 10.2 Å². The van der Waals surface area contributed by atoms with Crippen molar-refractivity contribution in [2.24, 2.45) is 7.05 Å². The molecule has 1 aromatic rings. The van der Waals surface area contributed by atoms with E-state index in [0.29, 0.717) is 0 Å². The van der Waals surface area contributed by atoms with Crippen LogP contribution in [0.1, 0.15) is 6.42 Å². The van der Waals surface area contributed by atoms with Gasteiger partial charge < -0.3 is 15.5 Å². The first-order valence-corrected chi connectivity index (χ1v) is 4.70. The molecule has 18 heavy (non-hydrogen) atoms. The molecule has 0 aliphatic rings. The van der Waals surface area contributed by atoms with Crippen LogP contribution in [0.2, 0.25) is 0 Å². The third-order valence-corrected chi connectivity index (χ3v) is 1.99. The molecule has 0 radical (unpaired) electrons. The Bertz CT molecular complexity index is 496. The predicted molar refractivity (Wildman–Crippen MR) is 57.2 cm³/mol. The van der Waals surface area contributed by atoms with Crippen LogP contribution in [-0.2, 0) is 16.6 Å². The molecule has 0 spiro atoms. The predicted octanol–water partition coefficient (Wildman–Crippen LogP) is -0.332. The van der Waals surface area contributed by atoms with E-state index >= 15 is 0 Å². The minimum absolute atomic E-state index is 0.281. The minimum atomic E-state index is -1.49. The highest BCUT2D eigenvalue weighted by atomic mass is 16.6. The maximum Gasteiger partial charge on any atom is 0.330 e. The lowest BCUT2D eigenvalue weighted by atomic mass is 10.2. The van der Waals surface area contributed by atoms with Gasteiger partial charge in [-0.15, -0.1) is 5.10 Å². The second-order valence-corrected chi connectivity index (χ2v) is 3.43. The number of hydrogen-bond donors (Lipinski definition) is 3. The molecule has 0 saturated heterocycles. The lowest BCUT2D eigenvalue weighted by molar-refractivity contribution is -0.384. The molecule has 10 heteroatoms. The molecule has 0 fully saturated rings. The van der Waals surface area contributed by atoms with Gasteiger partial charge in [-0.25, -0.2) is 4.79 Å². The zero-order chi connectivity index (χ0) is 13.9. The number of nitro groups is 1. The number of aryl methyl sites for hydroxylation is 1. The number of anilines is 1. The standard InChI is InChI=1S/C8H10N4O6/c1-11-3-5(12(17)18)7(10-11)9-4(8(15)16)2-6(13)14/h3-4H,2H2,1H3,(H,9,10)(H,13,14)(H,15,16). The van der Waals surface area contributed by atoms with Crippen LogP contribution in [0.15, 0.2) is 6.20 Å². The molecule has 1 unspecified atom stereocenters. The Hall–Kier alpha value is -2.65. The summed E-state index contributed by atoms with van der Waals surface area (Å²) in [6, 6.07) is -1.49. The first-order valence-electron chi connectivity index (χ1n) is 4.70. The molecule has 1 heterocycles. The van der Waals surface area contributed by atoms with Gasteiger partial charge in [0.2, 0.25) is 5.82 Å². The van der Waals surface area contributed by atoms with E-state index in [2.05, 4.69) is 10.4 Å². The normalized spacial score (nSPS) is 11.8. The van der Waals surface area contributed by atoms with Crippen molar-refractivity contribution in [3.63, 3.8) is 0 Å². The third kappa shape index (κ3) is 3.17. The van der Waals surface area contributed by atoms with Crippen LogP contribution in [0.3, 0.4) is 0 Å². The average Bonchev–Trinajstić information content (AvgIpc) is 2.57. The largest absolute Gasteiger partial charge is 0.481 e. The number of aromatic nitrogens is 2. The second kappa shape index (κ2) is 5.12. The summed E-state index contributed by atoms with van der Waals surface area (Å²) in [5.41, 5.74) is -0.422. The van der Waals surface area contributed by atoms with E-state index in [0.717, 1.165) is 10.9 Å². The summed E-state index contributed by atoms with van der Waals surface area (Å²) in [5, 5.41) is 33.9. The topological polar surface area (TPSA) is 148 Å². The van der Waals surface area contributed by atoms with Gasteiger partial charge in [-0.2, -0.15) is 0 Å². The SMILES string of the molecule is Cn1cc([N+](=O)[O-])c(NC(CC(=O)O)C(=O)O)n1. The molecule has 0 aromatic carbocycles. The maximum atomic E-state index is 10.8. The van der Waals surface area contributed by atoms with Crippen LogP contribution >= 0.6 is 0 Å². The van der Waals surface area contributed by atoms with Crippen LogP contribution in [0, 0.1) is 10.1 Å². The summed E-state index contributed by atoms with van der Waals surface area (Å²) < 4.78 is 1.13. The fourth-order valence-corrected chi connectivity index (χ4v) is 1.25. The smallest absolute Gasteiger partial charge is 0.330 e. The van der Waals surface area contributed by atoms with Crippen LogP contribution in [0.25, 0.3) is 0 Å². The molecule has 0 aliphatic heterocycles. The maximum absolute atomic E-state index is 10.8. The van der Waals surface area contributed by atoms with Gasteiger partial charge >= 0.3 is 17.6 Å². The first kappa shape index (κ1) is 13.4. The number of carboxylic acids is 2. The lowest BCUT2D eigenvalue weighted by Crippen LogP contribution is -2.32. The minimum Gasteiger partial charge on any atom is -0.481 e. The Morgan fingerprint density at radius 3 is 2.67 bits per heavy atom. The monoisotopic (exact) mass is 258 g/mol. The van der Waals surface area contributed by atoms with Gasteiger partial charge in [0.25, 0.3) is 0 Å². The summed E-state index contributed by atoms with van der Waals surface area (Å²) in [7, 11) is 1.42. The van der Waals surface area contributed by atoms with E-state index in [-0.39, 0.29) is 5.82 Å². The molecule has 0 saturated carbocycles. The summed E-state index contributed by atoms with van der Waals surface area (Å²) in [4.78, 5) is 31.2. The molecule has 1 atom stereocenters. The summed E-state index contributed by atoms with van der Waals surface area (Å²) in [5.74, 6) is -3.05. The molecule has 0 aliphatic carbocycles. The van der Waals surface area contributed by atoms with E-state index in [9.17, 15) is 19.7 Å². The Morgan fingerprint density at radius 1 is 1.61 bits per heavy atom. The number of nitrogens with one attached hydrogen (secondary N) is 1. The fourth-order valence-electron chi connectivity index (χ4n) is 1.25. The first-order chi connectivity index (χ1) is 8.31. The molecule has 3 N–H and O–H groups in total. The number of carbonyl (C=O) groups is 2. The molecule has 98 valence electrons. The molecule has 0 bridgehead atoms. The van der Waals surface area contributed by atoms with Crippen molar-refractivity contribution in [1.82, 2.24) is 9.78 Å². The highest BCUT2D eigenvalue weighted by molar-refractivity contribution is 5.83. The van der Waals surface area contributed by atoms with Crippen molar-refractivity contribution in [3.05, 3.63) is 16.3 Å². The molecular weight excluding hydrogens is 248 g/mol. The Labute approximate surface area is 100.0 Å². The van der Waals surface area contributed by atoms with Gasteiger partial charge in [0.15, 0.2) is 0 Å². The van der Waals surface area contributed by atoms with Gasteiger partial charge in [-0.1, -0.05) is 0 Å². The van der Waals surface area contributed by atoms with E-state index in [1.54, 1.807) is 0 Å². The molecule has 1 aromatic heterocycles. The highest BCUT2D eigenvalue weighted by Gasteiger charge is 2.26. The van der Waals surface area contributed by atoms with Gasteiger partial charge in [0, 0.05) is 7.05 Å². The second-order valence-electron chi connectivity index (χ2n) is 3.43. The van der Waals surface area contributed by atoms with E-state index < -0.39 is 35.0 Å². The summed E-state index contributed by atoms with van der Waals surface area (Å²) in [6.45, 7) is 0. The van der Waals surface area contributed by atoms with Crippen molar-refractivity contribution < 1.29 is 24.7 Å². The molecular formula is C8H10N4O6. The lowest BCUT2D eigenvalue weighted by Gasteiger charge is -2.10. The van der Waals surface area contributed by atoms with Crippen molar-refractivity contribution in [2.45, 2.75) is 12.5 Å². The van der Waals surface area contributed by atoms with Crippen molar-refractivity contribution in [2.75, 3.05) is 5.32 Å².